The lowest BCUT2D eigenvalue weighted by Crippen LogP contribution is -2.21. The van der Waals surface area contributed by atoms with Gasteiger partial charge < -0.3 is 4.74 Å². The molecule has 2 heterocycles. The van der Waals surface area contributed by atoms with E-state index in [0.717, 1.165) is 30.7 Å². The number of benzene rings is 1. The van der Waals surface area contributed by atoms with Gasteiger partial charge in [0.15, 0.2) is 5.65 Å². The van der Waals surface area contributed by atoms with Crippen LogP contribution < -0.4 is 9.46 Å². The van der Waals surface area contributed by atoms with Crippen LogP contribution in [0.25, 0.3) is 5.65 Å². The number of nitrogens with zero attached hydrogens (tertiary/aromatic N) is 3. The molecule has 4 rings (SSSR count). The number of alkyl halides is 3. The Morgan fingerprint density at radius 1 is 1.19 bits per heavy atom. The van der Waals surface area contributed by atoms with Gasteiger partial charge in [0.2, 0.25) is 0 Å². The normalized spacial score (nSPS) is 15.1. The number of nitrogens with one attached hydrogen (secondary N) is 1. The van der Waals surface area contributed by atoms with E-state index in [1.54, 1.807) is 6.07 Å². The van der Waals surface area contributed by atoms with Gasteiger partial charge in [-0.05, 0) is 31.0 Å². The van der Waals surface area contributed by atoms with Gasteiger partial charge in [-0.25, -0.2) is 13.4 Å². The van der Waals surface area contributed by atoms with Crippen molar-refractivity contribution in [3.05, 3.63) is 48.3 Å². The second kappa shape index (κ2) is 6.12. The second-order valence-electron chi connectivity index (χ2n) is 6.04. The van der Waals surface area contributed by atoms with Crippen molar-refractivity contribution >= 4 is 21.5 Å². The van der Waals surface area contributed by atoms with Gasteiger partial charge in [-0.15, -0.1) is 13.2 Å². The van der Waals surface area contributed by atoms with Crippen molar-refractivity contribution in [1.82, 2.24) is 14.6 Å². The third-order valence-corrected chi connectivity index (χ3v) is 5.37. The molecular formula is C16H13F3N4O3S. The first kappa shape index (κ1) is 17.6. The minimum Gasteiger partial charge on any atom is -0.404 e. The van der Waals surface area contributed by atoms with E-state index < -0.39 is 27.0 Å². The van der Waals surface area contributed by atoms with Gasteiger partial charge in [-0.1, -0.05) is 12.1 Å². The number of para-hydroxylation sites is 1. The monoisotopic (exact) mass is 398 g/mol. The Balaban J connectivity index is 1.71. The summed E-state index contributed by atoms with van der Waals surface area (Å²) in [4.78, 5) is 3.50. The van der Waals surface area contributed by atoms with Gasteiger partial charge in [-0.2, -0.15) is 9.61 Å². The lowest BCUT2D eigenvalue weighted by molar-refractivity contribution is -0.275. The molecule has 0 aliphatic heterocycles. The van der Waals surface area contributed by atoms with E-state index >= 15 is 0 Å². The second-order valence-corrected chi connectivity index (χ2v) is 7.69. The molecule has 1 aliphatic carbocycles. The first-order chi connectivity index (χ1) is 12.7. The SMILES string of the molecule is O=S(=O)(Nc1ccnc2cc(C3CC3)nn12)c1ccccc1OC(F)(F)F. The molecule has 11 heteroatoms. The number of hydrogen-bond donors (Lipinski definition) is 1. The highest BCUT2D eigenvalue weighted by atomic mass is 32.2. The molecule has 1 fully saturated rings. The predicted molar refractivity (Wildman–Crippen MR) is 88.9 cm³/mol. The van der Waals surface area contributed by atoms with E-state index in [-0.39, 0.29) is 5.82 Å². The lowest BCUT2D eigenvalue weighted by Gasteiger charge is -2.14. The average molecular weight is 398 g/mol. The standard InChI is InChI=1S/C16H13F3N4O3S/c17-16(18,19)26-12-3-1-2-4-13(12)27(24,25)22-14-7-8-20-15-9-11(10-5-6-10)21-23(14)15/h1-4,7-10,22H,5-6H2. The summed E-state index contributed by atoms with van der Waals surface area (Å²) in [6.45, 7) is 0. The topological polar surface area (TPSA) is 85.6 Å². The van der Waals surface area contributed by atoms with Crippen molar-refractivity contribution in [2.45, 2.75) is 30.0 Å². The molecule has 0 saturated heterocycles. The quantitative estimate of drug-likeness (QED) is 0.713. The fourth-order valence-electron chi connectivity index (χ4n) is 2.64. The number of rotatable bonds is 5. The molecule has 0 unspecified atom stereocenters. The molecule has 0 bridgehead atoms. The van der Waals surface area contributed by atoms with Crippen molar-refractivity contribution in [2.24, 2.45) is 0 Å². The maximum atomic E-state index is 12.7. The molecule has 1 saturated carbocycles. The molecule has 2 aromatic heterocycles. The Kier molecular flexibility index (Phi) is 3.98. The maximum Gasteiger partial charge on any atom is 0.573 e. The van der Waals surface area contributed by atoms with Crippen LogP contribution in [0.2, 0.25) is 0 Å². The van der Waals surface area contributed by atoms with Crippen molar-refractivity contribution in [3.8, 4) is 5.75 Å². The molecule has 27 heavy (non-hydrogen) atoms. The molecular weight excluding hydrogens is 385 g/mol. The van der Waals surface area contributed by atoms with Crippen LogP contribution in [0, 0.1) is 0 Å². The number of ether oxygens (including phenoxy) is 1. The van der Waals surface area contributed by atoms with Gasteiger partial charge in [0.1, 0.15) is 16.5 Å². The summed E-state index contributed by atoms with van der Waals surface area (Å²) in [6, 6.07) is 7.65. The first-order valence-corrected chi connectivity index (χ1v) is 9.43. The van der Waals surface area contributed by atoms with Gasteiger partial charge in [0, 0.05) is 18.2 Å². The number of sulfonamides is 1. The van der Waals surface area contributed by atoms with Gasteiger partial charge in [0.25, 0.3) is 10.0 Å². The van der Waals surface area contributed by atoms with Crippen molar-refractivity contribution in [1.29, 1.82) is 0 Å². The zero-order chi connectivity index (χ0) is 19.2. The van der Waals surface area contributed by atoms with Crippen LogP contribution in [0.5, 0.6) is 5.75 Å². The fourth-order valence-corrected chi connectivity index (χ4v) is 3.81. The largest absolute Gasteiger partial charge is 0.573 e. The van der Waals surface area contributed by atoms with E-state index in [0.29, 0.717) is 11.6 Å². The predicted octanol–water partition coefficient (Wildman–Crippen LogP) is 3.31. The number of fused-ring (bicyclic) bond motifs is 1. The van der Waals surface area contributed by atoms with E-state index in [9.17, 15) is 21.6 Å². The van der Waals surface area contributed by atoms with Crippen LogP contribution in [0.15, 0.2) is 47.5 Å². The highest BCUT2D eigenvalue weighted by Gasteiger charge is 2.34. The number of anilines is 1. The summed E-state index contributed by atoms with van der Waals surface area (Å²) >= 11 is 0. The van der Waals surface area contributed by atoms with Crippen LogP contribution in [0.4, 0.5) is 19.0 Å². The highest BCUT2D eigenvalue weighted by Crippen LogP contribution is 2.39. The zero-order valence-corrected chi connectivity index (χ0v) is 14.5. The molecule has 0 radical (unpaired) electrons. The third-order valence-electron chi connectivity index (χ3n) is 3.98. The third kappa shape index (κ3) is 3.68. The van der Waals surface area contributed by atoms with Crippen molar-refractivity contribution in [3.63, 3.8) is 0 Å². The van der Waals surface area contributed by atoms with E-state index in [2.05, 4.69) is 19.5 Å². The molecule has 3 aromatic rings. The Morgan fingerprint density at radius 2 is 1.93 bits per heavy atom. The molecule has 1 aromatic carbocycles. The summed E-state index contributed by atoms with van der Waals surface area (Å²) in [6.07, 6.45) is -1.61. The summed E-state index contributed by atoms with van der Waals surface area (Å²) in [7, 11) is -4.37. The molecule has 7 nitrogen and oxygen atoms in total. The zero-order valence-electron chi connectivity index (χ0n) is 13.6. The smallest absolute Gasteiger partial charge is 0.404 e. The van der Waals surface area contributed by atoms with E-state index in [4.69, 9.17) is 0 Å². The van der Waals surface area contributed by atoms with Crippen LogP contribution in [-0.4, -0.2) is 29.4 Å². The molecule has 1 aliphatic rings. The van der Waals surface area contributed by atoms with Gasteiger partial charge >= 0.3 is 6.36 Å². The Morgan fingerprint density at radius 3 is 2.63 bits per heavy atom. The average Bonchev–Trinajstić information content (AvgIpc) is 3.33. The number of aromatic nitrogens is 3. The first-order valence-electron chi connectivity index (χ1n) is 7.95. The van der Waals surface area contributed by atoms with Crippen LogP contribution in [0.3, 0.4) is 0 Å². The summed E-state index contributed by atoms with van der Waals surface area (Å²) in [5.41, 5.74) is 1.24. The minimum absolute atomic E-state index is 0.0636. The van der Waals surface area contributed by atoms with E-state index in [1.165, 1.54) is 28.9 Å². The Bertz CT molecular complexity index is 1110. The van der Waals surface area contributed by atoms with E-state index in [1.807, 2.05) is 0 Å². The van der Waals surface area contributed by atoms with Gasteiger partial charge in [-0.3, -0.25) is 4.72 Å². The summed E-state index contributed by atoms with van der Waals surface area (Å²) < 4.78 is 70.5. The number of halogens is 3. The lowest BCUT2D eigenvalue weighted by atomic mass is 10.3. The molecule has 142 valence electrons. The minimum atomic E-state index is -5.02. The Labute approximate surface area is 151 Å². The summed E-state index contributed by atoms with van der Waals surface area (Å²) in [5.74, 6) is -0.423. The highest BCUT2D eigenvalue weighted by molar-refractivity contribution is 7.92. The van der Waals surface area contributed by atoms with Crippen LogP contribution in [0.1, 0.15) is 24.5 Å². The van der Waals surface area contributed by atoms with Crippen molar-refractivity contribution < 1.29 is 26.3 Å². The maximum absolute atomic E-state index is 12.7. The van der Waals surface area contributed by atoms with Crippen LogP contribution >= 0.6 is 0 Å². The Hall–Kier alpha value is -2.82. The molecule has 0 spiro atoms. The molecule has 1 N–H and O–H groups in total. The molecule has 0 amide bonds. The van der Waals surface area contributed by atoms with Gasteiger partial charge in [0.05, 0.1) is 5.69 Å². The number of hydrogen-bond acceptors (Lipinski definition) is 5. The fraction of sp³-hybridized carbons (Fsp3) is 0.250. The van der Waals surface area contributed by atoms with Crippen LogP contribution in [-0.2, 0) is 10.0 Å². The van der Waals surface area contributed by atoms with Crippen molar-refractivity contribution in [2.75, 3.05) is 4.72 Å². The molecule has 0 atom stereocenters. The summed E-state index contributed by atoms with van der Waals surface area (Å²) in [5, 5.41) is 4.35.